The van der Waals surface area contributed by atoms with Gasteiger partial charge >= 0.3 is 6.36 Å². The number of aliphatic hydroxyl groups is 1. The van der Waals surface area contributed by atoms with E-state index in [0.717, 1.165) is 24.8 Å². The van der Waals surface area contributed by atoms with Crippen molar-refractivity contribution < 1.29 is 23.0 Å². The summed E-state index contributed by atoms with van der Waals surface area (Å²) < 4.78 is 39.9. The average molecular weight is 260 g/mol. The average Bonchev–Trinajstić information content (AvgIpc) is 2.15. The Bertz CT molecular complexity index is 405. The molecular weight excluding hydrogens is 245 g/mol. The van der Waals surface area contributed by atoms with E-state index in [1.165, 1.54) is 12.1 Å². The van der Waals surface area contributed by atoms with Gasteiger partial charge in [-0.3, -0.25) is 0 Å². The van der Waals surface area contributed by atoms with Crippen molar-refractivity contribution in [3.05, 3.63) is 29.8 Å². The molecular formula is C13H15F3O2. The van der Waals surface area contributed by atoms with Gasteiger partial charge in [-0.25, -0.2) is 0 Å². The first kappa shape index (κ1) is 13.2. The van der Waals surface area contributed by atoms with Crippen molar-refractivity contribution in [3.63, 3.8) is 0 Å². The van der Waals surface area contributed by atoms with Crippen molar-refractivity contribution in [3.8, 4) is 5.75 Å². The van der Waals surface area contributed by atoms with Crippen LogP contribution >= 0.6 is 0 Å². The third-order valence-electron chi connectivity index (χ3n) is 3.71. The second-order valence-electron chi connectivity index (χ2n) is 4.76. The molecule has 1 fully saturated rings. The van der Waals surface area contributed by atoms with Crippen molar-refractivity contribution in [2.75, 3.05) is 0 Å². The summed E-state index contributed by atoms with van der Waals surface area (Å²) in [6, 6.07) is 5.80. The van der Waals surface area contributed by atoms with Crippen molar-refractivity contribution in [2.45, 2.75) is 44.1 Å². The van der Waals surface area contributed by atoms with E-state index in [-0.39, 0.29) is 11.2 Å². The van der Waals surface area contributed by atoms with Crippen molar-refractivity contribution in [1.82, 2.24) is 0 Å². The van der Waals surface area contributed by atoms with Gasteiger partial charge in [-0.2, -0.15) is 0 Å². The van der Waals surface area contributed by atoms with Crippen LogP contribution in [0.3, 0.4) is 0 Å². The zero-order chi connectivity index (χ0) is 13.4. The Balaban J connectivity index is 2.17. The molecule has 0 radical (unpaired) electrons. The quantitative estimate of drug-likeness (QED) is 0.902. The summed E-state index contributed by atoms with van der Waals surface area (Å²) in [6.45, 7) is 1.72. The molecule has 0 aliphatic heterocycles. The Kier molecular flexibility index (Phi) is 3.27. The molecule has 0 saturated heterocycles. The lowest BCUT2D eigenvalue weighted by Gasteiger charge is -2.45. The van der Waals surface area contributed by atoms with Crippen molar-refractivity contribution in [1.29, 1.82) is 0 Å². The van der Waals surface area contributed by atoms with Crippen LogP contribution in [-0.4, -0.2) is 17.6 Å². The van der Waals surface area contributed by atoms with Gasteiger partial charge in [0.2, 0.25) is 0 Å². The highest BCUT2D eigenvalue weighted by Crippen LogP contribution is 2.46. The normalized spacial score (nSPS) is 20.1. The maximum atomic E-state index is 12.0. The van der Waals surface area contributed by atoms with Crippen LogP contribution in [0, 0.1) is 0 Å². The van der Waals surface area contributed by atoms with Crippen molar-refractivity contribution in [2.24, 2.45) is 0 Å². The maximum Gasteiger partial charge on any atom is 0.573 e. The smallest absolute Gasteiger partial charge is 0.406 e. The molecule has 1 aliphatic carbocycles. The molecule has 1 aliphatic rings. The number of hydrogen-bond donors (Lipinski definition) is 1. The van der Waals surface area contributed by atoms with Crippen molar-refractivity contribution >= 4 is 0 Å². The molecule has 0 spiro atoms. The van der Waals surface area contributed by atoms with E-state index in [2.05, 4.69) is 4.74 Å². The summed E-state index contributed by atoms with van der Waals surface area (Å²) in [5.74, 6) is -0.230. The molecule has 2 nitrogen and oxygen atoms in total. The minimum Gasteiger partial charge on any atom is -0.406 e. The molecule has 100 valence electrons. The Morgan fingerprint density at radius 2 is 1.78 bits per heavy atom. The Labute approximate surface area is 103 Å². The highest BCUT2D eigenvalue weighted by molar-refractivity contribution is 5.35. The number of ether oxygens (including phenoxy) is 1. The number of hydrogen-bond acceptors (Lipinski definition) is 2. The zero-order valence-electron chi connectivity index (χ0n) is 10.00. The molecule has 1 saturated carbocycles. The molecule has 18 heavy (non-hydrogen) atoms. The van der Waals surface area contributed by atoms with Crippen LogP contribution in [0.15, 0.2) is 24.3 Å². The minimum absolute atomic E-state index is 0.230. The van der Waals surface area contributed by atoms with Gasteiger partial charge in [0.15, 0.2) is 0 Å². The van der Waals surface area contributed by atoms with Gasteiger partial charge in [0, 0.05) is 5.41 Å². The molecule has 1 unspecified atom stereocenters. The molecule has 2 rings (SSSR count). The van der Waals surface area contributed by atoms with Crippen LogP contribution in [0.2, 0.25) is 0 Å². The molecule has 0 aromatic heterocycles. The van der Waals surface area contributed by atoms with E-state index < -0.39 is 12.5 Å². The molecule has 5 heteroatoms. The zero-order valence-corrected chi connectivity index (χ0v) is 10.00. The van der Waals surface area contributed by atoms with Gasteiger partial charge in [0.25, 0.3) is 0 Å². The fraction of sp³-hybridized carbons (Fsp3) is 0.538. The topological polar surface area (TPSA) is 29.5 Å². The molecule has 1 aromatic rings. The monoisotopic (exact) mass is 260 g/mol. The first-order valence-corrected chi connectivity index (χ1v) is 5.88. The third-order valence-corrected chi connectivity index (χ3v) is 3.71. The van der Waals surface area contributed by atoms with E-state index in [1.54, 1.807) is 19.1 Å². The van der Waals surface area contributed by atoms with E-state index >= 15 is 0 Å². The summed E-state index contributed by atoms with van der Waals surface area (Å²) >= 11 is 0. The molecule has 1 N–H and O–H groups in total. The predicted octanol–water partition coefficient (Wildman–Crippen LogP) is 3.39. The predicted molar refractivity (Wildman–Crippen MR) is 60.3 cm³/mol. The summed E-state index contributed by atoms with van der Waals surface area (Å²) in [7, 11) is 0. The highest BCUT2D eigenvalue weighted by atomic mass is 19.4. The number of rotatable bonds is 3. The standard InChI is InChI=1S/C13H15F3O2/c1-9(17)12(7-2-8-12)10-3-5-11(6-4-10)18-13(14,15)16/h3-6,9,17H,2,7-8H2,1H3. The Hall–Kier alpha value is -1.23. The third kappa shape index (κ3) is 2.46. The fourth-order valence-corrected chi connectivity index (χ4v) is 2.49. The summed E-state index contributed by atoms with van der Waals surface area (Å²) in [4.78, 5) is 0. The summed E-state index contributed by atoms with van der Waals surface area (Å²) in [5, 5.41) is 9.82. The van der Waals surface area contributed by atoms with Crippen LogP contribution in [-0.2, 0) is 5.41 Å². The van der Waals surface area contributed by atoms with Crippen LogP contribution in [0.5, 0.6) is 5.75 Å². The van der Waals surface area contributed by atoms with Gasteiger partial charge in [-0.15, -0.1) is 13.2 Å². The largest absolute Gasteiger partial charge is 0.573 e. The van der Waals surface area contributed by atoms with Gasteiger partial charge in [-0.1, -0.05) is 18.6 Å². The fourth-order valence-electron chi connectivity index (χ4n) is 2.49. The number of halogens is 3. The molecule has 1 aromatic carbocycles. The highest BCUT2D eigenvalue weighted by Gasteiger charge is 2.42. The summed E-state index contributed by atoms with van der Waals surface area (Å²) in [5.41, 5.74) is 0.579. The number of alkyl halides is 3. The minimum atomic E-state index is -4.67. The molecule has 1 atom stereocenters. The number of benzene rings is 1. The van der Waals surface area contributed by atoms with Crippen LogP contribution in [0.4, 0.5) is 13.2 Å². The lowest BCUT2D eigenvalue weighted by molar-refractivity contribution is -0.274. The first-order valence-electron chi connectivity index (χ1n) is 5.88. The second kappa shape index (κ2) is 4.46. The van der Waals surface area contributed by atoms with E-state index in [9.17, 15) is 18.3 Å². The molecule has 0 heterocycles. The number of aliphatic hydroxyl groups excluding tert-OH is 1. The molecule has 0 bridgehead atoms. The van der Waals surface area contributed by atoms with Crippen LogP contribution < -0.4 is 4.74 Å². The first-order chi connectivity index (χ1) is 8.33. The SMILES string of the molecule is CC(O)C1(c2ccc(OC(F)(F)F)cc2)CCC1. The lowest BCUT2D eigenvalue weighted by atomic mass is 9.61. The Morgan fingerprint density at radius 1 is 1.22 bits per heavy atom. The van der Waals surface area contributed by atoms with Gasteiger partial charge in [0.1, 0.15) is 5.75 Å². The second-order valence-corrected chi connectivity index (χ2v) is 4.76. The van der Waals surface area contributed by atoms with Crippen LogP contribution in [0.25, 0.3) is 0 Å². The van der Waals surface area contributed by atoms with Gasteiger partial charge in [-0.05, 0) is 37.5 Å². The van der Waals surface area contributed by atoms with E-state index in [4.69, 9.17) is 0 Å². The van der Waals surface area contributed by atoms with Gasteiger partial charge in [0.05, 0.1) is 6.10 Å². The summed E-state index contributed by atoms with van der Waals surface area (Å²) in [6.07, 6.45) is -2.40. The van der Waals surface area contributed by atoms with E-state index in [1.807, 2.05) is 0 Å². The van der Waals surface area contributed by atoms with E-state index in [0.29, 0.717) is 0 Å². The van der Waals surface area contributed by atoms with Gasteiger partial charge < -0.3 is 9.84 Å². The molecule has 0 amide bonds. The lowest BCUT2D eigenvalue weighted by Crippen LogP contribution is -2.43. The van der Waals surface area contributed by atoms with Crippen LogP contribution in [0.1, 0.15) is 31.7 Å². The Morgan fingerprint density at radius 3 is 2.11 bits per heavy atom. The maximum absolute atomic E-state index is 12.0.